The highest BCUT2D eigenvalue weighted by Crippen LogP contribution is 2.56. The molecule has 0 bridgehead atoms. The van der Waals surface area contributed by atoms with Gasteiger partial charge in [0.1, 0.15) is 12.4 Å². The normalized spacial score (nSPS) is 31.6. The standard InChI is InChI=1S/C32H41NO8/c1-5-6-15-37-26(34)19-32(12-7-10-30(2,3)41-32)29(35)40-28-25(36-4)18-31-11-8-13-33(31)14-9-21-16-23-24(39-20-38-23)17-22(21)27(28)31/h5-6,16-18,27-28H,7-15,19-20H2,1-4H3/b6-5+. The molecule has 41 heavy (non-hydrogen) atoms. The lowest BCUT2D eigenvalue weighted by molar-refractivity contribution is -0.216. The minimum atomic E-state index is -1.44. The van der Waals surface area contributed by atoms with Gasteiger partial charge >= 0.3 is 11.9 Å². The predicted octanol–water partition coefficient (Wildman–Crippen LogP) is 4.57. The molecule has 0 aromatic heterocycles. The minimum absolute atomic E-state index is 0.149. The fraction of sp³-hybridized carbons (Fsp3) is 0.625. The number of allylic oxidation sites excluding steroid dienone is 1. The van der Waals surface area contributed by atoms with Crippen LogP contribution in [-0.4, -0.2) is 73.3 Å². The predicted molar refractivity (Wildman–Crippen MR) is 150 cm³/mol. The minimum Gasteiger partial charge on any atom is -0.497 e. The van der Waals surface area contributed by atoms with E-state index in [0.717, 1.165) is 62.1 Å². The van der Waals surface area contributed by atoms with Crippen molar-refractivity contribution in [1.82, 2.24) is 4.90 Å². The van der Waals surface area contributed by atoms with E-state index < -0.39 is 29.2 Å². The highest BCUT2D eigenvalue weighted by molar-refractivity contribution is 5.86. The van der Waals surface area contributed by atoms with Gasteiger partial charge in [0.25, 0.3) is 0 Å². The van der Waals surface area contributed by atoms with E-state index >= 15 is 0 Å². The topological polar surface area (TPSA) is 92.8 Å². The average molecular weight is 568 g/mol. The summed E-state index contributed by atoms with van der Waals surface area (Å²) in [6, 6.07) is 4.14. The molecule has 9 heteroatoms. The number of benzene rings is 1. The quantitative estimate of drug-likeness (QED) is 0.347. The van der Waals surface area contributed by atoms with Crippen molar-refractivity contribution in [2.45, 2.75) is 94.5 Å². The van der Waals surface area contributed by atoms with Gasteiger partial charge in [-0.25, -0.2) is 4.79 Å². The first-order valence-corrected chi connectivity index (χ1v) is 14.8. The Morgan fingerprint density at radius 3 is 2.66 bits per heavy atom. The monoisotopic (exact) mass is 567 g/mol. The van der Waals surface area contributed by atoms with Crippen LogP contribution in [0.2, 0.25) is 0 Å². The molecule has 0 N–H and O–H groups in total. The fourth-order valence-electron chi connectivity index (χ4n) is 7.61. The summed E-state index contributed by atoms with van der Waals surface area (Å²) >= 11 is 0. The van der Waals surface area contributed by atoms with Crippen molar-refractivity contribution in [3.8, 4) is 11.5 Å². The number of esters is 2. The van der Waals surface area contributed by atoms with Crippen molar-refractivity contribution < 1.29 is 38.0 Å². The van der Waals surface area contributed by atoms with E-state index in [1.54, 1.807) is 13.2 Å². The van der Waals surface area contributed by atoms with Gasteiger partial charge in [-0.1, -0.05) is 12.2 Å². The first-order chi connectivity index (χ1) is 19.7. The van der Waals surface area contributed by atoms with E-state index in [4.69, 9.17) is 28.4 Å². The van der Waals surface area contributed by atoms with Gasteiger partial charge in [0, 0.05) is 6.54 Å². The molecule has 5 aliphatic rings. The molecule has 0 radical (unpaired) electrons. The zero-order valence-corrected chi connectivity index (χ0v) is 24.5. The molecule has 6 rings (SSSR count). The van der Waals surface area contributed by atoms with Gasteiger partial charge < -0.3 is 28.4 Å². The van der Waals surface area contributed by atoms with Crippen LogP contribution in [0.25, 0.3) is 0 Å². The third kappa shape index (κ3) is 4.91. The third-order valence-electron chi connectivity index (χ3n) is 9.41. The molecule has 4 unspecified atom stereocenters. The van der Waals surface area contributed by atoms with Crippen molar-refractivity contribution in [3.63, 3.8) is 0 Å². The van der Waals surface area contributed by atoms with Crippen LogP contribution in [0.15, 0.2) is 36.1 Å². The highest BCUT2D eigenvalue weighted by atomic mass is 16.7. The smallest absolute Gasteiger partial charge is 0.339 e. The summed E-state index contributed by atoms with van der Waals surface area (Å²) in [6.07, 6.45) is 9.58. The van der Waals surface area contributed by atoms with Gasteiger partial charge in [0.15, 0.2) is 23.2 Å². The number of carbonyl (C=O) groups excluding carboxylic acids is 2. The lowest BCUT2D eigenvalue weighted by atomic mass is 9.77. The molecule has 0 saturated carbocycles. The van der Waals surface area contributed by atoms with E-state index in [1.807, 2.05) is 26.8 Å². The molecule has 1 aromatic rings. The SMILES string of the molecule is C/C=C/COC(=O)CC1(C(=O)OC2C(OC)=CC34CCCN3CCc3cc5c(cc3C24)OCO5)CCCC(C)(C)O1. The summed E-state index contributed by atoms with van der Waals surface area (Å²) in [6.45, 7) is 7.95. The Labute approximate surface area is 241 Å². The molecular formula is C32H41NO8. The molecular weight excluding hydrogens is 526 g/mol. The molecule has 9 nitrogen and oxygen atoms in total. The van der Waals surface area contributed by atoms with Crippen LogP contribution in [0.5, 0.6) is 11.5 Å². The Morgan fingerprint density at radius 2 is 1.90 bits per heavy atom. The maximum Gasteiger partial charge on any atom is 0.339 e. The largest absolute Gasteiger partial charge is 0.497 e. The van der Waals surface area contributed by atoms with E-state index in [-0.39, 0.29) is 31.3 Å². The van der Waals surface area contributed by atoms with E-state index in [0.29, 0.717) is 17.9 Å². The Hall–Kier alpha value is -3.04. The summed E-state index contributed by atoms with van der Waals surface area (Å²) in [5.74, 6) is 0.846. The number of fused-ring (bicyclic) bond motifs is 3. The number of rotatable bonds is 7. The van der Waals surface area contributed by atoms with Gasteiger partial charge in [0.2, 0.25) is 6.79 Å². The van der Waals surface area contributed by atoms with Crippen molar-refractivity contribution in [2.75, 3.05) is 33.6 Å². The Balaban J connectivity index is 1.37. The fourth-order valence-corrected chi connectivity index (χ4v) is 7.61. The van der Waals surface area contributed by atoms with E-state index in [1.165, 1.54) is 0 Å². The van der Waals surface area contributed by atoms with E-state index in [9.17, 15) is 9.59 Å². The van der Waals surface area contributed by atoms with Gasteiger partial charge in [-0.05, 0) is 95.2 Å². The second kappa shape index (κ2) is 10.7. The second-order valence-corrected chi connectivity index (χ2v) is 12.4. The molecule has 4 atom stereocenters. The van der Waals surface area contributed by atoms with Crippen LogP contribution >= 0.6 is 0 Å². The van der Waals surface area contributed by atoms with Crippen molar-refractivity contribution in [1.29, 1.82) is 0 Å². The zero-order valence-electron chi connectivity index (χ0n) is 24.5. The maximum atomic E-state index is 14.3. The van der Waals surface area contributed by atoms with Crippen molar-refractivity contribution in [3.05, 3.63) is 47.2 Å². The summed E-state index contributed by atoms with van der Waals surface area (Å²) in [7, 11) is 1.63. The van der Waals surface area contributed by atoms with Gasteiger partial charge in [-0.2, -0.15) is 0 Å². The van der Waals surface area contributed by atoms with Crippen LogP contribution in [0, 0.1) is 0 Å². The first kappa shape index (κ1) is 28.1. The maximum absolute atomic E-state index is 14.3. The average Bonchev–Trinajstić information content (AvgIpc) is 3.62. The van der Waals surface area contributed by atoms with Crippen LogP contribution in [0.3, 0.4) is 0 Å². The summed E-state index contributed by atoms with van der Waals surface area (Å²) in [4.78, 5) is 29.8. The summed E-state index contributed by atoms with van der Waals surface area (Å²) in [5.41, 5.74) is -0.129. The molecule has 4 heterocycles. The highest BCUT2D eigenvalue weighted by Gasteiger charge is 2.60. The number of hydrogen-bond donors (Lipinski definition) is 0. The molecule has 0 amide bonds. The van der Waals surface area contributed by atoms with E-state index in [2.05, 4.69) is 23.1 Å². The number of nitrogens with zero attached hydrogens (tertiary/aromatic N) is 1. The van der Waals surface area contributed by atoms with Gasteiger partial charge in [-0.3, -0.25) is 9.69 Å². The lowest BCUT2D eigenvalue weighted by Crippen LogP contribution is -2.54. The first-order valence-electron chi connectivity index (χ1n) is 14.8. The molecule has 1 spiro atoms. The number of ether oxygens (including phenoxy) is 6. The molecule has 1 aromatic carbocycles. The molecule has 1 aliphatic carbocycles. The van der Waals surface area contributed by atoms with Crippen LogP contribution in [0.4, 0.5) is 0 Å². The van der Waals surface area contributed by atoms with Crippen LogP contribution in [-0.2, 0) is 35.0 Å². The second-order valence-electron chi connectivity index (χ2n) is 12.4. The number of hydrogen-bond acceptors (Lipinski definition) is 9. The van der Waals surface area contributed by atoms with Gasteiger partial charge in [0.05, 0.1) is 30.6 Å². The van der Waals surface area contributed by atoms with Crippen molar-refractivity contribution >= 4 is 11.9 Å². The molecule has 4 aliphatic heterocycles. The number of methoxy groups -OCH3 is 1. The third-order valence-corrected chi connectivity index (χ3v) is 9.41. The Morgan fingerprint density at radius 1 is 1.10 bits per heavy atom. The van der Waals surface area contributed by atoms with Crippen LogP contribution < -0.4 is 9.47 Å². The molecule has 222 valence electrons. The Kier molecular flexibility index (Phi) is 7.30. The molecule has 2 saturated heterocycles. The Bertz CT molecular complexity index is 1270. The van der Waals surface area contributed by atoms with Crippen LogP contribution in [0.1, 0.15) is 76.3 Å². The van der Waals surface area contributed by atoms with Crippen molar-refractivity contribution in [2.24, 2.45) is 0 Å². The number of carbonyl (C=O) groups is 2. The van der Waals surface area contributed by atoms with Gasteiger partial charge in [-0.15, -0.1) is 0 Å². The molecule has 2 fully saturated rings. The summed E-state index contributed by atoms with van der Waals surface area (Å²) < 4.78 is 35.8. The zero-order chi connectivity index (χ0) is 28.8. The summed E-state index contributed by atoms with van der Waals surface area (Å²) in [5, 5.41) is 0. The lowest BCUT2D eigenvalue weighted by Gasteiger charge is -2.44.